The molecule has 2 amide bonds. The lowest BCUT2D eigenvalue weighted by Crippen LogP contribution is -2.23. The van der Waals surface area contributed by atoms with Crippen molar-refractivity contribution in [2.45, 2.75) is 53.4 Å². The summed E-state index contributed by atoms with van der Waals surface area (Å²) in [6.45, 7) is 8.00. The van der Waals surface area contributed by atoms with Crippen LogP contribution < -0.4 is 10.6 Å². The van der Waals surface area contributed by atoms with Gasteiger partial charge in [0.25, 0.3) is 0 Å². The first-order chi connectivity index (χ1) is 14.5. The van der Waals surface area contributed by atoms with Gasteiger partial charge in [-0.3, -0.25) is 9.59 Å². The van der Waals surface area contributed by atoms with Crippen molar-refractivity contribution in [1.29, 1.82) is 0 Å². The van der Waals surface area contributed by atoms with Crippen LogP contribution in [0.1, 0.15) is 53.4 Å². The van der Waals surface area contributed by atoms with Crippen molar-refractivity contribution in [1.82, 2.24) is 0 Å². The second-order valence-corrected chi connectivity index (χ2v) is 7.27. The van der Waals surface area contributed by atoms with E-state index in [1.165, 1.54) is 0 Å². The number of hydrogen-bond acceptors (Lipinski definition) is 4. The number of anilines is 2. The molecule has 0 spiro atoms. The molecule has 0 saturated heterocycles. The second kappa shape index (κ2) is 11.9. The van der Waals surface area contributed by atoms with Crippen LogP contribution in [-0.4, -0.2) is 11.8 Å². The number of azo groups is 1. The maximum atomic E-state index is 12.7. The van der Waals surface area contributed by atoms with E-state index >= 15 is 0 Å². The van der Waals surface area contributed by atoms with Gasteiger partial charge in [-0.2, -0.15) is 5.11 Å². The molecule has 0 radical (unpaired) electrons. The van der Waals surface area contributed by atoms with Gasteiger partial charge in [0.15, 0.2) is 0 Å². The van der Waals surface area contributed by atoms with E-state index in [0.717, 1.165) is 31.4 Å². The van der Waals surface area contributed by atoms with Crippen molar-refractivity contribution in [3.8, 4) is 0 Å². The molecular weight excluding hydrogens is 376 g/mol. The predicted molar refractivity (Wildman–Crippen MR) is 122 cm³/mol. The van der Waals surface area contributed by atoms with Crippen LogP contribution in [0.15, 0.2) is 58.8 Å². The molecule has 0 bridgehead atoms. The average molecular weight is 409 g/mol. The van der Waals surface area contributed by atoms with E-state index in [-0.39, 0.29) is 23.7 Å². The Labute approximate surface area is 179 Å². The first-order valence-corrected chi connectivity index (χ1v) is 10.7. The topological polar surface area (TPSA) is 82.9 Å². The van der Waals surface area contributed by atoms with E-state index < -0.39 is 0 Å². The average Bonchev–Trinajstić information content (AvgIpc) is 2.75. The zero-order chi connectivity index (χ0) is 21.9. The van der Waals surface area contributed by atoms with Crippen molar-refractivity contribution in [2.24, 2.45) is 22.1 Å². The van der Waals surface area contributed by atoms with Gasteiger partial charge in [0.05, 0.1) is 11.4 Å². The van der Waals surface area contributed by atoms with Gasteiger partial charge in [-0.25, -0.2) is 0 Å². The Hall–Kier alpha value is -3.02. The van der Waals surface area contributed by atoms with Crippen LogP contribution in [0, 0.1) is 11.8 Å². The van der Waals surface area contributed by atoms with E-state index in [1.54, 1.807) is 18.2 Å². The molecule has 0 fully saturated rings. The molecule has 2 N–H and O–H groups in total. The fourth-order valence-corrected chi connectivity index (χ4v) is 3.21. The normalized spacial score (nSPS) is 11.3. The SMILES string of the molecule is CCC(CC)C(=O)Nc1ccc(N=Nc2ccccc2)c(NC(=O)C(CC)CC)c1. The number of carbonyl (C=O) groups excluding carboxylic acids is 2. The van der Waals surface area contributed by atoms with Gasteiger partial charge in [-0.15, -0.1) is 5.11 Å². The van der Waals surface area contributed by atoms with Crippen molar-refractivity contribution in [2.75, 3.05) is 10.6 Å². The molecule has 160 valence electrons. The zero-order valence-electron chi connectivity index (χ0n) is 18.3. The summed E-state index contributed by atoms with van der Waals surface area (Å²) in [4.78, 5) is 25.1. The molecule has 6 heteroatoms. The maximum Gasteiger partial charge on any atom is 0.227 e. The molecule has 2 aromatic carbocycles. The third-order valence-electron chi connectivity index (χ3n) is 5.26. The number of nitrogens with one attached hydrogen (secondary N) is 2. The van der Waals surface area contributed by atoms with Gasteiger partial charge in [-0.1, -0.05) is 45.9 Å². The zero-order valence-corrected chi connectivity index (χ0v) is 18.3. The number of hydrogen-bond donors (Lipinski definition) is 2. The summed E-state index contributed by atoms with van der Waals surface area (Å²) in [6.07, 6.45) is 3.08. The van der Waals surface area contributed by atoms with Crippen LogP contribution in [0.3, 0.4) is 0 Å². The molecule has 6 nitrogen and oxygen atoms in total. The van der Waals surface area contributed by atoms with E-state index in [1.807, 2.05) is 58.0 Å². The minimum absolute atomic E-state index is 0.0177. The lowest BCUT2D eigenvalue weighted by molar-refractivity contribution is -0.120. The number of rotatable bonds is 10. The van der Waals surface area contributed by atoms with E-state index in [9.17, 15) is 9.59 Å². The van der Waals surface area contributed by atoms with E-state index in [2.05, 4.69) is 20.9 Å². The minimum Gasteiger partial charge on any atom is -0.326 e. The van der Waals surface area contributed by atoms with Gasteiger partial charge < -0.3 is 10.6 Å². The highest BCUT2D eigenvalue weighted by Crippen LogP contribution is 2.31. The minimum atomic E-state index is -0.0771. The molecule has 0 atom stereocenters. The van der Waals surface area contributed by atoms with E-state index in [0.29, 0.717) is 17.1 Å². The standard InChI is InChI=1S/C24H32N4O2/c1-5-17(6-2)23(29)25-20-14-15-21(28-27-19-12-10-9-11-13-19)22(16-20)26-24(30)18(7-3)8-4/h9-18H,5-8H2,1-4H3,(H,25,29)(H,26,30). The van der Waals surface area contributed by atoms with Crippen LogP contribution >= 0.6 is 0 Å². The highest BCUT2D eigenvalue weighted by molar-refractivity contribution is 5.98. The molecule has 0 aliphatic heterocycles. The van der Waals surface area contributed by atoms with Gasteiger partial charge in [-0.05, 0) is 56.0 Å². The van der Waals surface area contributed by atoms with E-state index in [4.69, 9.17) is 0 Å². The van der Waals surface area contributed by atoms with Crippen LogP contribution in [0.2, 0.25) is 0 Å². The van der Waals surface area contributed by atoms with Crippen molar-refractivity contribution >= 4 is 34.6 Å². The smallest absolute Gasteiger partial charge is 0.227 e. The number of benzene rings is 2. The molecular formula is C24H32N4O2. The van der Waals surface area contributed by atoms with Crippen LogP contribution in [0.25, 0.3) is 0 Å². The van der Waals surface area contributed by atoms with Crippen molar-refractivity contribution < 1.29 is 9.59 Å². The first kappa shape index (κ1) is 23.3. The molecule has 0 unspecified atom stereocenters. The highest BCUT2D eigenvalue weighted by atomic mass is 16.2. The number of carbonyl (C=O) groups is 2. The summed E-state index contributed by atoms with van der Waals surface area (Å²) in [5, 5.41) is 14.5. The Morgan fingerprint density at radius 2 is 1.33 bits per heavy atom. The Bertz CT molecular complexity index is 857. The fraction of sp³-hybridized carbons (Fsp3) is 0.417. The first-order valence-electron chi connectivity index (χ1n) is 10.7. The summed E-state index contributed by atoms with van der Waals surface area (Å²) in [7, 11) is 0. The summed E-state index contributed by atoms with van der Waals surface area (Å²) in [5.74, 6) is -0.188. The predicted octanol–water partition coefficient (Wildman–Crippen LogP) is 6.85. The molecule has 0 aliphatic rings. The molecule has 2 aromatic rings. The molecule has 2 rings (SSSR count). The molecule has 0 aliphatic carbocycles. The lowest BCUT2D eigenvalue weighted by atomic mass is 10.0. The third-order valence-corrected chi connectivity index (χ3v) is 5.26. The van der Waals surface area contributed by atoms with Crippen molar-refractivity contribution in [3.63, 3.8) is 0 Å². The van der Waals surface area contributed by atoms with Gasteiger partial charge in [0, 0.05) is 17.5 Å². The van der Waals surface area contributed by atoms with Gasteiger partial charge in [0.1, 0.15) is 5.69 Å². The number of amides is 2. The Morgan fingerprint density at radius 3 is 1.90 bits per heavy atom. The van der Waals surface area contributed by atoms with Crippen LogP contribution in [-0.2, 0) is 9.59 Å². The second-order valence-electron chi connectivity index (χ2n) is 7.27. The van der Waals surface area contributed by atoms with Gasteiger partial charge in [0.2, 0.25) is 11.8 Å². The third kappa shape index (κ3) is 6.51. The fourth-order valence-electron chi connectivity index (χ4n) is 3.21. The molecule has 30 heavy (non-hydrogen) atoms. The maximum absolute atomic E-state index is 12.7. The lowest BCUT2D eigenvalue weighted by Gasteiger charge is -2.16. The Balaban J connectivity index is 2.32. The highest BCUT2D eigenvalue weighted by Gasteiger charge is 2.18. The Morgan fingerprint density at radius 1 is 0.767 bits per heavy atom. The monoisotopic (exact) mass is 408 g/mol. The Kier molecular flexibility index (Phi) is 9.19. The summed E-state index contributed by atoms with van der Waals surface area (Å²) >= 11 is 0. The summed E-state index contributed by atoms with van der Waals surface area (Å²) in [6, 6.07) is 14.7. The quantitative estimate of drug-likeness (QED) is 0.421. The number of nitrogens with zero attached hydrogens (tertiary/aromatic N) is 2. The van der Waals surface area contributed by atoms with Crippen LogP contribution in [0.4, 0.5) is 22.7 Å². The molecule has 0 saturated carbocycles. The van der Waals surface area contributed by atoms with Gasteiger partial charge >= 0.3 is 0 Å². The summed E-state index contributed by atoms with van der Waals surface area (Å²) < 4.78 is 0. The summed E-state index contributed by atoms with van der Waals surface area (Å²) in [5.41, 5.74) is 2.43. The molecule has 0 heterocycles. The van der Waals surface area contributed by atoms with Crippen LogP contribution in [0.5, 0.6) is 0 Å². The molecule has 0 aromatic heterocycles. The largest absolute Gasteiger partial charge is 0.326 e. The van der Waals surface area contributed by atoms with Crippen molar-refractivity contribution in [3.05, 3.63) is 48.5 Å².